The first-order valence-corrected chi connectivity index (χ1v) is 9.59. The molecule has 0 aliphatic rings. The second-order valence-corrected chi connectivity index (χ2v) is 12.1. The van der Waals surface area contributed by atoms with E-state index in [0.717, 1.165) is 0 Å². The molecular weight excluding hydrogens is 190 g/mol. The quantitative estimate of drug-likeness (QED) is 0.537. The first-order valence-electron chi connectivity index (χ1n) is 1.07. The molecule has 1 aromatic heterocycles. The van der Waals surface area contributed by atoms with Gasteiger partial charge in [-0.05, 0) is 38.6 Å². The summed E-state index contributed by atoms with van der Waals surface area (Å²) in [5.41, 5.74) is 0. The molecule has 0 aromatic carbocycles. The zero-order valence-corrected chi connectivity index (χ0v) is 7.58. The van der Waals surface area contributed by atoms with Crippen LogP contribution in [0.2, 0.25) is 0 Å². The third-order valence-corrected chi connectivity index (χ3v) is 15.3. The van der Waals surface area contributed by atoms with Crippen molar-refractivity contribution in [1.29, 1.82) is 0 Å². The van der Waals surface area contributed by atoms with Gasteiger partial charge in [0.1, 0.15) is 0 Å². The van der Waals surface area contributed by atoms with Crippen molar-refractivity contribution in [3.63, 3.8) is 0 Å². The maximum Gasteiger partial charge on any atom is 0.0470 e. The van der Waals surface area contributed by atoms with Crippen LogP contribution in [0.15, 0.2) is 0 Å². The van der Waals surface area contributed by atoms with Crippen LogP contribution in [0.4, 0.5) is 0 Å². The Bertz CT molecular complexity index is 77.5. The molecule has 0 fully saturated rings. The third kappa shape index (κ3) is 1.97. The van der Waals surface area contributed by atoms with E-state index in [1.807, 2.05) is 38.6 Å². The zero-order valence-electron chi connectivity index (χ0n) is 2.53. The highest BCUT2D eigenvalue weighted by molar-refractivity contribution is 8.42. The van der Waals surface area contributed by atoms with Crippen LogP contribution >= 0.6 is 52.7 Å². The van der Waals surface area contributed by atoms with Gasteiger partial charge in [0.2, 0.25) is 0 Å². The van der Waals surface area contributed by atoms with Gasteiger partial charge in [-0.1, -0.05) is 0 Å². The van der Waals surface area contributed by atoms with Crippen molar-refractivity contribution in [2.75, 3.05) is 0 Å². The van der Waals surface area contributed by atoms with Crippen LogP contribution < -0.4 is 0 Å². The topological polar surface area (TPSA) is 0 Å². The number of hydrogen-bond donors (Lipinski definition) is 0. The van der Waals surface area contributed by atoms with Gasteiger partial charge in [-0.3, -0.25) is 0 Å². The number of rotatable bonds is 0. The largest absolute Gasteiger partial charge is 0.0470 e. The van der Waals surface area contributed by atoms with E-state index in [1.54, 1.807) is 0 Å². The van der Waals surface area contributed by atoms with Crippen LogP contribution in [-0.4, -0.2) is 0 Å². The van der Waals surface area contributed by atoms with Gasteiger partial charge >= 0.3 is 0 Å². The van der Waals surface area contributed by atoms with Gasteiger partial charge in [0.15, 0.2) is 0 Å². The average Bonchev–Trinajstić information content (AvgIpc) is 1.72. The van der Waals surface area contributed by atoms with Crippen LogP contribution in [0.5, 0.6) is 0 Å². The van der Waals surface area contributed by atoms with Crippen LogP contribution in [-0.2, 0) is 0 Å². The van der Waals surface area contributed by atoms with E-state index in [9.17, 15) is 0 Å². The lowest BCUT2D eigenvalue weighted by molar-refractivity contribution is 5.12. The highest BCUT2D eigenvalue weighted by Gasteiger charge is 1.64. The molecule has 0 bridgehead atoms. The molecule has 0 unspecified atom stereocenters. The van der Waals surface area contributed by atoms with Crippen molar-refractivity contribution in [1.82, 2.24) is 0 Å². The fraction of sp³-hybridized carbons (Fsp3) is 0. The summed E-state index contributed by atoms with van der Waals surface area (Å²) in [6.45, 7) is 0. The van der Waals surface area contributed by atoms with Gasteiger partial charge in [-0.15, -0.1) is 0 Å². The molecule has 1 rings (SSSR count). The fourth-order valence-electron chi connectivity index (χ4n) is 0.0793. The average molecular weight is 190 g/mol. The van der Waals surface area contributed by atoms with Crippen LogP contribution in [0.25, 0.3) is 0 Å². The predicted molar refractivity (Wildman–Crippen MR) is 40.6 cm³/mol. The highest BCUT2D eigenvalue weighted by atomic mass is 33.5. The molecule has 1 heterocycles. The lowest BCUT2D eigenvalue weighted by atomic mass is 29.8. The number of hydrogen-bond acceptors (Lipinski definition) is 4. The van der Waals surface area contributed by atoms with Crippen molar-refractivity contribution >= 4 is 52.7 Å². The summed E-state index contributed by atoms with van der Waals surface area (Å²) in [5.74, 6) is 0. The molecule has 0 radical (unpaired) electrons. The Balaban J connectivity index is 3.00. The first kappa shape index (κ1) is 5.61. The summed E-state index contributed by atoms with van der Waals surface area (Å²) >= 11 is 0. The van der Waals surface area contributed by atoms with E-state index < -0.39 is 0 Å². The zero-order chi connectivity index (χ0) is 4.24. The van der Waals surface area contributed by atoms with E-state index in [0.29, 0.717) is 0 Å². The van der Waals surface area contributed by atoms with Gasteiger partial charge < -0.3 is 0 Å². The summed E-state index contributed by atoms with van der Waals surface area (Å²) < 4.78 is 0. The second kappa shape index (κ2) is 3.48. The minimum atomic E-state index is 1.49. The summed E-state index contributed by atoms with van der Waals surface area (Å²) in [6, 6.07) is 0. The Morgan fingerprint density at radius 1 is 0.833 bits per heavy atom. The minimum absolute atomic E-state index is 1.49. The lowest BCUT2D eigenvalue weighted by Gasteiger charge is -1.63. The third-order valence-electron chi connectivity index (χ3n) is 0.189. The molecule has 6 heteroatoms. The van der Waals surface area contributed by atoms with Crippen molar-refractivity contribution in [3.8, 4) is 0 Å². The lowest BCUT2D eigenvalue weighted by Crippen LogP contribution is -0.941. The van der Waals surface area contributed by atoms with Crippen molar-refractivity contribution in [3.05, 3.63) is 0 Å². The molecule has 0 nitrogen and oxygen atoms in total. The second-order valence-electron chi connectivity index (χ2n) is 0.448. The van der Waals surface area contributed by atoms with Gasteiger partial charge in [-0.2, -0.15) is 0 Å². The molecule has 0 aliphatic heterocycles. The van der Waals surface area contributed by atoms with Crippen LogP contribution in [0, 0.1) is 0 Å². The summed E-state index contributed by atoms with van der Waals surface area (Å²) in [6.07, 6.45) is 0. The normalized spacial score (nSPS) is 10.7. The highest BCUT2D eigenvalue weighted by Crippen LogP contribution is 2.35. The van der Waals surface area contributed by atoms with E-state index in [-0.39, 0.29) is 0 Å². The molecule has 0 aliphatic carbocycles. The van der Waals surface area contributed by atoms with E-state index in [4.69, 9.17) is 0 Å². The predicted octanol–water partition coefficient (Wildman–Crippen LogP) is 4.22. The van der Waals surface area contributed by atoms with Gasteiger partial charge in [-0.25, -0.2) is 0 Å². The Hall–Kier alpha value is 1.48. The van der Waals surface area contributed by atoms with Gasteiger partial charge in [0, 0.05) is 14.1 Å². The molecule has 34 valence electrons. The maximum absolute atomic E-state index is 1.91. The summed E-state index contributed by atoms with van der Waals surface area (Å²) in [5, 5.41) is 0. The maximum atomic E-state index is 1.91. The molecule has 0 N–H and O–H groups in total. The molecule has 0 amide bonds. The summed E-state index contributed by atoms with van der Waals surface area (Å²) in [7, 11) is 10.6. The van der Waals surface area contributed by atoms with Crippen molar-refractivity contribution < 1.29 is 0 Å². The fourth-order valence-corrected chi connectivity index (χ4v) is 19.3. The SMILES string of the molecule is p1pssss1. The standard InChI is InChI=1S/P2S4/c1-2-4-6-5-3-1. The van der Waals surface area contributed by atoms with Gasteiger partial charge in [0.25, 0.3) is 0 Å². The van der Waals surface area contributed by atoms with Crippen LogP contribution in [0.1, 0.15) is 0 Å². The Morgan fingerprint density at radius 3 is 1.50 bits per heavy atom. The molecule has 0 spiro atoms. The Morgan fingerprint density at radius 2 is 1.33 bits per heavy atom. The van der Waals surface area contributed by atoms with E-state index in [2.05, 4.69) is 0 Å². The van der Waals surface area contributed by atoms with E-state index in [1.165, 1.54) is 14.1 Å². The van der Waals surface area contributed by atoms with E-state index >= 15 is 0 Å². The Kier molecular flexibility index (Phi) is 3.25. The molecule has 6 heavy (non-hydrogen) atoms. The van der Waals surface area contributed by atoms with Crippen molar-refractivity contribution in [2.45, 2.75) is 0 Å². The van der Waals surface area contributed by atoms with Crippen LogP contribution in [0.3, 0.4) is 0 Å². The first-order chi connectivity index (χ1) is 3.00. The monoisotopic (exact) mass is 190 g/mol. The summed E-state index contributed by atoms with van der Waals surface area (Å²) in [4.78, 5) is 0. The molecule has 0 atom stereocenters. The molecular formula is P2S4. The molecule has 0 saturated carbocycles. The smallest absolute Gasteiger partial charge is 0.0399 e. The van der Waals surface area contributed by atoms with Crippen molar-refractivity contribution in [2.24, 2.45) is 0 Å². The van der Waals surface area contributed by atoms with Gasteiger partial charge in [0.05, 0.1) is 0 Å². The molecule has 0 saturated heterocycles. The minimum Gasteiger partial charge on any atom is -0.0399 e. The Labute approximate surface area is 52.5 Å². The molecule has 1 aromatic rings.